The predicted octanol–water partition coefficient (Wildman–Crippen LogP) is 10.2. The van der Waals surface area contributed by atoms with Crippen LogP contribution >= 0.6 is 0 Å². The molecule has 1 N–H and O–H groups in total. The van der Waals surface area contributed by atoms with E-state index in [4.69, 9.17) is 15.0 Å². The summed E-state index contributed by atoms with van der Waals surface area (Å²) in [6, 6.07) is 62.9. The van der Waals surface area contributed by atoms with Crippen molar-refractivity contribution in [1.29, 1.82) is 0 Å². The molecule has 0 saturated carbocycles. The van der Waals surface area contributed by atoms with Gasteiger partial charge in [-0.15, -0.1) is 0 Å². The maximum absolute atomic E-state index is 5.16. The molecule has 48 heavy (non-hydrogen) atoms. The van der Waals surface area contributed by atoms with Gasteiger partial charge in [-0.05, 0) is 52.1 Å². The summed E-state index contributed by atoms with van der Waals surface area (Å²) in [7, 11) is 0. The quantitative estimate of drug-likeness (QED) is 0.194. The van der Waals surface area contributed by atoms with E-state index in [9.17, 15) is 0 Å². The molecule has 0 spiro atoms. The van der Waals surface area contributed by atoms with Crippen molar-refractivity contribution in [3.8, 4) is 44.8 Å². The van der Waals surface area contributed by atoms with E-state index in [0.717, 1.165) is 67.3 Å². The van der Waals surface area contributed by atoms with Crippen molar-refractivity contribution in [3.63, 3.8) is 0 Å². The van der Waals surface area contributed by atoms with Gasteiger partial charge in [-0.2, -0.15) is 0 Å². The fourth-order valence-electron chi connectivity index (χ4n) is 6.06. The highest BCUT2D eigenvalue weighted by Gasteiger charge is 2.21. The number of rotatable bonds is 7. The lowest BCUT2D eigenvalue weighted by molar-refractivity contribution is 0.674. The Morgan fingerprint density at radius 2 is 0.875 bits per heavy atom. The number of benzene rings is 6. The Balaban J connectivity index is 1.17. The summed E-state index contributed by atoms with van der Waals surface area (Å²) in [6.45, 7) is 0. The lowest BCUT2D eigenvalue weighted by atomic mass is 9.97. The molecule has 0 aliphatic carbocycles. The summed E-state index contributed by atoms with van der Waals surface area (Å²) in [5, 5.41) is 3.60. The van der Waals surface area contributed by atoms with E-state index in [-0.39, 0.29) is 6.17 Å². The molecular weight excluding hydrogens is 585 g/mol. The van der Waals surface area contributed by atoms with E-state index in [1.54, 1.807) is 0 Å². The Bertz CT molecular complexity index is 2190. The summed E-state index contributed by atoms with van der Waals surface area (Å²) in [6.07, 6.45) is -0.298. The molecule has 4 nitrogen and oxygen atoms in total. The van der Waals surface area contributed by atoms with Crippen molar-refractivity contribution >= 4 is 11.7 Å². The molecule has 1 unspecified atom stereocenters. The number of pyridine rings is 1. The summed E-state index contributed by atoms with van der Waals surface area (Å²) in [4.78, 5) is 15.2. The second-order valence-electron chi connectivity index (χ2n) is 11.8. The maximum Gasteiger partial charge on any atom is 0.159 e. The zero-order valence-electron chi connectivity index (χ0n) is 26.2. The lowest BCUT2D eigenvalue weighted by Gasteiger charge is -2.24. The van der Waals surface area contributed by atoms with Gasteiger partial charge in [0.05, 0.1) is 11.4 Å². The zero-order valence-corrected chi connectivity index (χ0v) is 26.2. The number of aromatic nitrogens is 1. The zero-order chi connectivity index (χ0) is 32.1. The minimum absolute atomic E-state index is 0.298. The van der Waals surface area contributed by atoms with Crippen molar-refractivity contribution in [2.24, 2.45) is 9.98 Å². The first kappa shape index (κ1) is 29.0. The minimum atomic E-state index is -0.298. The van der Waals surface area contributed by atoms with E-state index < -0.39 is 0 Å². The maximum atomic E-state index is 5.16. The summed E-state index contributed by atoms with van der Waals surface area (Å²) in [5.74, 6) is 1.52. The standard InChI is InChI=1S/C44H32N4/c1-5-15-31(16-6-1)39-29-40(32-17-7-2-8-18-32)45-41(30-39)37-25-13-23-35(27-37)36-24-14-26-38(28-36)44-47-42(33-19-9-3-10-20-33)46-43(48-44)34-21-11-4-12-22-34/h1-30,44H,(H,46,47,48). The van der Waals surface area contributed by atoms with Crippen LogP contribution in [-0.2, 0) is 0 Å². The van der Waals surface area contributed by atoms with Crippen LogP contribution in [0.25, 0.3) is 44.8 Å². The van der Waals surface area contributed by atoms with E-state index >= 15 is 0 Å². The van der Waals surface area contributed by atoms with Crippen LogP contribution in [0.1, 0.15) is 22.9 Å². The molecule has 1 aliphatic rings. The predicted molar refractivity (Wildman–Crippen MR) is 198 cm³/mol. The van der Waals surface area contributed by atoms with Crippen molar-refractivity contribution in [3.05, 3.63) is 199 Å². The fraction of sp³-hybridized carbons (Fsp3) is 0.0227. The molecular formula is C44H32N4. The van der Waals surface area contributed by atoms with Gasteiger partial charge in [0.15, 0.2) is 5.84 Å². The van der Waals surface area contributed by atoms with Crippen molar-refractivity contribution in [2.75, 3.05) is 0 Å². The first-order chi connectivity index (χ1) is 23.8. The molecule has 7 aromatic rings. The third-order valence-corrected chi connectivity index (χ3v) is 8.52. The topological polar surface area (TPSA) is 49.6 Å². The Morgan fingerprint density at radius 1 is 0.375 bits per heavy atom. The summed E-state index contributed by atoms with van der Waals surface area (Å²) < 4.78 is 0. The molecule has 228 valence electrons. The average Bonchev–Trinajstić information content (AvgIpc) is 3.19. The highest BCUT2D eigenvalue weighted by atomic mass is 15.2. The van der Waals surface area contributed by atoms with Gasteiger partial charge in [-0.3, -0.25) is 0 Å². The van der Waals surface area contributed by atoms with Crippen molar-refractivity contribution in [2.45, 2.75) is 6.17 Å². The number of hydrogen-bond donors (Lipinski definition) is 1. The van der Waals surface area contributed by atoms with Gasteiger partial charge < -0.3 is 5.32 Å². The summed E-state index contributed by atoms with van der Waals surface area (Å²) in [5.41, 5.74) is 11.6. The van der Waals surface area contributed by atoms with Crippen LogP contribution < -0.4 is 5.32 Å². The van der Waals surface area contributed by atoms with Gasteiger partial charge in [0.25, 0.3) is 0 Å². The van der Waals surface area contributed by atoms with Crippen molar-refractivity contribution in [1.82, 2.24) is 10.3 Å². The van der Waals surface area contributed by atoms with E-state index in [2.05, 4.69) is 139 Å². The van der Waals surface area contributed by atoms with Gasteiger partial charge >= 0.3 is 0 Å². The number of nitrogens with zero attached hydrogens (tertiary/aromatic N) is 3. The minimum Gasteiger partial charge on any atom is -0.344 e. The van der Waals surface area contributed by atoms with Crippen LogP contribution in [0, 0.1) is 0 Å². The average molecular weight is 617 g/mol. The molecule has 8 rings (SSSR count). The Hall–Kier alpha value is -6.39. The molecule has 4 heteroatoms. The number of nitrogens with one attached hydrogen (secondary N) is 1. The molecule has 1 atom stereocenters. The normalized spacial score (nSPS) is 14.0. The molecule has 0 fully saturated rings. The number of amidine groups is 2. The van der Waals surface area contributed by atoms with Crippen LogP contribution in [0.4, 0.5) is 0 Å². The van der Waals surface area contributed by atoms with Gasteiger partial charge in [0.2, 0.25) is 0 Å². The van der Waals surface area contributed by atoms with Gasteiger partial charge in [-0.25, -0.2) is 15.0 Å². The van der Waals surface area contributed by atoms with Crippen LogP contribution in [0.5, 0.6) is 0 Å². The van der Waals surface area contributed by atoms with Crippen LogP contribution in [0.3, 0.4) is 0 Å². The first-order valence-electron chi connectivity index (χ1n) is 16.1. The fourth-order valence-corrected chi connectivity index (χ4v) is 6.06. The van der Waals surface area contributed by atoms with Crippen LogP contribution in [0.2, 0.25) is 0 Å². The Morgan fingerprint density at radius 3 is 1.54 bits per heavy atom. The highest BCUT2D eigenvalue weighted by molar-refractivity contribution is 6.13. The van der Waals surface area contributed by atoms with Crippen LogP contribution in [-0.4, -0.2) is 16.7 Å². The molecule has 0 bridgehead atoms. The number of hydrogen-bond acceptors (Lipinski definition) is 4. The largest absolute Gasteiger partial charge is 0.344 e. The van der Waals surface area contributed by atoms with E-state index in [1.807, 2.05) is 48.5 Å². The van der Waals surface area contributed by atoms with Gasteiger partial charge in [-0.1, -0.05) is 158 Å². The second kappa shape index (κ2) is 13.1. The lowest BCUT2D eigenvalue weighted by Crippen LogP contribution is -2.33. The number of aliphatic imine (C=N–C) groups is 2. The Kier molecular flexibility index (Phi) is 7.96. The molecule has 0 radical (unpaired) electrons. The van der Waals surface area contributed by atoms with Gasteiger partial charge in [0.1, 0.15) is 12.0 Å². The molecule has 0 saturated heterocycles. The SMILES string of the molecule is c1ccc(C2=NC(c3cccc(-c4cccc(-c5cc(-c6ccccc6)cc(-c6ccccc6)n5)c4)c3)NC(c3ccccc3)=N2)cc1. The van der Waals surface area contributed by atoms with Crippen LogP contribution in [0.15, 0.2) is 192 Å². The molecule has 1 aromatic heterocycles. The smallest absolute Gasteiger partial charge is 0.159 e. The van der Waals surface area contributed by atoms with Gasteiger partial charge in [0, 0.05) is 22.3 Å². The molecule has 6 aromatic carbocycles. The molecule has 1 aliphatic heterocycles. The van der Waals surface area contributed by atoms with E-state index in [0.29, 0.717) is 5.84 Å². The first-order valence-corrected chi connectivity index (χ1v) is 16.1. The monoisotopic (exact) mass is 616 g/mol. The molecule has 0 amide bonds. The highest BCUT2D eigenvalue weighted by Crippen LogP contribution is 2.33. The molecule has 2 heterocycles. The third kappa shape index (κ3) is 6.20. The summed E-state index contributed by atoms with van der Waals surface area (Å²) >= 11 is 0. The van der Waals surface area contributed by atoms with Crippen molar-refractivity contribution < 1.29 is 0 Å². The van der Waals surface area contributed by atoms with E-state index in [1.165, 1.54) is 0 Å². The third-order valence-electron chi connectivity index (χ3n) is 8.52. The Labute approximate surface area is 280 Å². The second-order valence-corrected chi connectivity index (χ2v) is 11.8.